The van der Waals surface area contributed by atoms with E-state index in [1.54, 1.807) is 0 Å². The van der Waals surface area contributed by atoms with Gasteiger partial charge in [0, 0.05) is 32.5 Å². The van der Waals surface area contributed by atoms with Crippen LogP contribution in [0.15, 0.2) is 106 Å². The van der Waals surface area contributed by atoms with Crippen LogP contribution in [0.25, 0.3) is 66.1 Å². The van der Waals surface area contributed by atoms with Crippen molar-refractivity contribution in [2.24, 2.45) is 0 Å². The monoisotopic (exact) mass is 450 g/mol. The second-order valence-electron chi connectivity index (χ2n) is 10.2. The third-order valence-corrected chi connectivity index (χ3v) is 7.89. The minimum absolute atomic E-state index is 0.0463. The number of para-hydroxylation sites is 2. The Balaban J connectivity index is 1.39. The van der Waals surface area contributed by atoms with E-state index >= 15 is 0 Å². The second-order valence-corrected chi connectivity index (χ2v) is 10.2. The van der Waals surface area contributed by atoms with Gasteiger partial charge in [0.25, 0.3) is 0 Å². The molecular formula is C33H22O2. The van der Waals surface area contributed by atoms with Crippen molar-refractivity contribution in [1.82, 2.24) is 0 Å². The van der Waals surface area contributed by atoms with E-state index in [1.165, 1.54) is 27.6 Å². The number of hydrogen-bond acceptors (Lipinski definition) is 2. The molecule has 0 radical (unpaired) electrons. The summed E-state index contributed by atoms with van der Waals surface area (Å²) in [4.78, 5) is 0. The molecule has 2 heterocycles. The van der Waals surface area contributed by atoms with Gasteiger partial charge in [-0.05, 0) is 58.1 Å². The molecule has 166 valence electrons. The SMILES string of the molecule is CC1(C)c2ccccc2-c2cc3c(cc21)oc1c(-c2ccc4oc5ccccc5c4c2)cccc13. The van der Waals surface area contributed by atoms with Crippen molar-refractivity contribution in [3.05, 3.63) is 108 Å². The summed E-state index contributed by atoms with van der Waals surface area (Å²) in [7, 11) is 0. The summed E-state index contributed by atoms with van der Waals surface area (Å²) in [5.74, 6) is 0. The van der Waals surface area contributed by atoms with Gasteiger partial charge in [0.1, 0.15) is 22.3 Å². The predicted molar refractivity (Wildman–Crippen MR) is 144 cm³/mol. The van der Waals surface area contributed by atoms with Crippen LogP contribution in [0.2, 0.25) is 0 Å². The van der Waals surface area contributed by atoms with Crippen LogP contribution in [0.4, 0.5) is 0 Å². The molecule has 0 aliphatic heterocycles. The van der Waals surface area contributed by atoms with Crippen LogP contribution in [-0.4, -0.2) is 0 Å². The summed E-state index contributed by atoms with van der Waals surface area (Å²) in [5.41, 5.74) is 11.3. The number of hydrogen-bond donors (Lipinski definition) is 0. The smallest absolute Gasteiger partial charge is 0.143 e. The van der Waals surface area contributed by atoms with Crippen LogP contribution in [-0.2, 0) is 5.41 Å². The molecule has 7 aromatic rings. The van der Waals surface area contributed by atoms with Crippen LogP contribution in [0.3, 0.4) is 0 Å². The third-order valence-electron chi connectivity index (χ3n) is 7.89. The molecule has 2 nitrogen and oxygen atoms in total. The van der Waals surface area contributed by atoms with E-state index in [-0.39, 0.29) is 5.41 Å². The third kappa shape index (κ3) is 2.44. The average Bonchev–Trinajstić information content (AvgIpc) is 3.51. The Bertz CT molecular complexity index is 1980. The Labute approximate surface area is 202 Å². The molecule has 0 bridgehead atoms. The van der Waals surface area contributed by atoms with Crippen molar-refractivity contribution in [2.75, 3.05) is 0 Å². The van der Waals surface area contributed by atoms with Gasteiger partial charge in [0.2, 0.25) is 0 Å². The average molecular weight is 451 g/mol. The number of rotatable bonds is 1. The summed E-state index contributed by atoms with van der Waals surface area (Å²) in [5, 5.41) is 4.59. The number of benzene rings is 5. The molecule has 0 saturated carbocycles. The van der Waals surface area contributed by atoms with Crippen molar-refractivity contribution in [1.29, 1.82) is 0 Å². The van der Waals surface area contributed by atoms with E-state index in [1.807, 2.05) is 12.1 Å². The zero-order chi connectivity index (χ0) is 23.3. The van der Waals surface area contributed by atoms with E-state index in [0.717, 1.165) is 49.6 Å². The van der Waals surface area contributed by atoms with E-state index in [9.17, 15) is 0 Å². The highest BCUT2D eigenvalue weighted by Gasteiger charge is 2.36. The van der Waals surface area contributed by atoms with Gasteiger partial charge in [0.05, 0.1) is 0 Å². The Morgan fingerprint density at radius 2 is 1.23 bits per heavy atom. The van der Waals surface area contributed by atoms with Crippen molar-refractivity contribution in [2.45, 2.75) is 19.3 Å². The lowest BCUT2D eigenvalue weighted by atomic mass is 9.82. The molecule has 0 amide bonds. The molecule has 0 spiro atoms. The highest BCUT2D eigenvalue weighted by Crippen LogP contribution is 2.51. The highest BCUT2D eigenvalue weighted by atomic mass is 16.3. The summed E-state index contributed by atoms with van der Waals surface area (Å²) >= 11 is 0. The lowest BCUT2D eigenvalue weighted by molar-refractivity contribution is 0.648. The van der Waals surface area contributed by atoms with E-state index < -0.39 is 0 Å². The maximum atomic E-state index is 6.61. The summed E-state index contributed by atoms with van der Waals surface area (Å²) in [6.45, 7) is 4.62. The second kappa shape index (κ2) is 6.43. The lowest BCUT2D eigenvalue weighted by Crippen LogP contribution is -2.14. The van der Waals surface area contributed by atoms with Gasteiger partial charge >= 0.3 is 0 Å². The van der Waals surface area contributed by atoms with Crippen LogP contribution in [0.5, 0.6) is 0 Å². The minimum atomic E-state index is -0.0463. The molecule has 1 aliphatic carbocycles. The molecule has 2 heteroatoms. The molecular weight excluding hydrogens is 428 g/mol. The van der Waals surface area contributed by atoms with Gasteiger partial charge in [-0.3, -0.25) is 0 Å². The van der Waals surface area contributed by atoms with Crippen molar-refractivity contribution in [3.63, 3.8) is 0 Å². The fourth-order valence-electron chi connectivity index (χ4n) is 6.11. The summed E-state index contributed by atoms with van der Waals surface area (Å²) in [6, 6.07) is 34.5. The molecule has 35 heavy (non-hydrogen) atoms. The van der Waals surface area contributed by atoms with Crippen LogP contribution in [0.1, 0.15) is 25.0 Å². The first-order valence-electron chi connectivity index (χ1n) is 12.1. The van der Waals surface area contributed by atoms with Crippen LogP contribution < -0.4 is 0 Å². The van der Waals surface area contributed by atoms with Gasteiger partial charge in [-0.2, -0.15) is 0 Å². The molecule has 0 unspecified atom stereocenters. The molecule has 0 atom stereocenters. The number of furan rings is 2. The molecule has 0 saturated heterocycles. The van der Waals surface area contributed by atoms with Crippen molar-refractivity contribution < 1.29 is 8.83 Å². The van der Waals surface area contributed by atoms with E-state index in [2.05, 4.69) is 98.8 Å². The Hall–Kier alpha value is -4.30. The Morgan fingerprint density at radius 3 is 2.17 bits per heavy atom. The quantitative estimate of drug-likeness (QED) is 0.249. The van der Waals surface area contributed by atoms with Gasteiger partial charge in [0.15, 0.2) is 0 Å². The fourth-order valence-corrected chi connectivity index (χ4v) is 6.11. The van der Waals surface area contributed by atoms with Gasteiger partial charge in [-0.25, -0.2) is 0 Å². The van der Waals surface area contributed by atoms with Crippen LogP contribution in [0, 0.1) is 0 Å². The topological polar surface area (TPSA) is 26.3 Å². The normalized spacial score (nSPS) is 14.2. The maximum absolute atomic E-state index is 6.61. The van der Waals surface area contributed by atoms with Crippen molar-refractivity contribution >= 4 is 43.9 Å². The predicted octanol–water partition coefficient (Wildman–Crippen LogP) is 9.46. The van der Waals surface area contributed by atoms with E-state index in [0.29, 0.717) is 0 Å². The molecule has 1 aliphatic rings. The standard InChI is InChI=1S/C33H22O2/c1-33(2)27-12-5-3-8-21(27)24-17-26-23-11-7-10-20(32(23)35-31(26)18-28(24)33)19-14-15-30-25(16-19)22-9-4-6-13-29(22)34-30/h3-18H,1-2H3. The van der Waals surface area contributed by atoms with Crippen LogP contribution >= 0.6 is 0 Å². The molecule has 8 rings (SSSR count). The zero-order valence-electron chi connectivity index (χ0n) is 19.6. The largest absolute Gasteiger partial charge is 0.456 e. The highest BCUT2D eigenvalue weighted by molar-refractivity contribution is 6.13. The first kappa shape index (κ1) is 19.1. The van der Waals surface area contributed by atoms with Crippen molar-refractivity contribution in [3.8, 4) is 22.3 Å². The first-order chi connectivity index (χ1) is 17.1. The molecule has 2 aromatic heterocycles. The summed E-state index contributed by atoms with van der Waals surface area (Å²) in [6.07, 6.45) is 0. The number of fused-ring (bicyclic) bond motifs is 9. The fraction of sp³-hybridized carbons (Fsp3) is 0.0909. The Kier molecular flexibility index (Phi) is 3.50. The molecule has 5 aromatic carbocycles. The molecule has 0 N–H and O–H groups in total. The van der Waals surface area contributed by atoms with Gasteiger partial charge in [-0.15, -0.1) is 0 Å². The zero-order valence-corrected chi connectivity index (χ0v) is 19.6. The minimum Gasteiger partial charge on any atom is -0.456 e. The lowest BCUT2D eigenvalue weighted by Gasteiger charge is -2.21. The summed E-state index contributed by atoms with van der Waals surface area (Å²) < 4.78 is 12.7. The van der Waals surface area contributed by atoms with Gasteiger partial charge < -0.3 is 8.83 Å². The maximum Gasteiger partial charge on any atom is 0.143 e. The Morgan fingerprint density at radius 1 is 0.486 bits per heavy atom. The molecule has 0 fully saturated rings. The first-order valence-corrected chi connectivity index (χ1v) is 12.1. The van der Waals surface area contributed by atoms with Gasteiger partial charge in [-0.1, -0.05) is 80.6 Å². The van der Waals surface area contributed by atoms with E-state index in [4.69, 9.17) is 8.83 Å².